The second-order valence-electron chi connectivity index (χ2n) is 9.03. The summed E-state index contributed by atoms with van der Waals surface area (Å²) in [5.41, 5.74) is 1.23. The van der Waals surface area contributed by atoms with Crippen molar-refractivity contribution in [3.8, 4) is 0 Å². The van der Waals surface area contributed by atoms with E-state index in [1.165, 1.54) is 5.57 Å². The number of aliphatic hydroxyl groups excluding tert-OH is 2. The zero-order valence-electron chi connectivity index (χ0n) is 14.2. The van der Waals surface area contributed by atoms with Crippen molar-refractivity contribution in [1.82, 2.24) is 0 Å². The van der Waals surface area contributed by atoms with Crippen molar-refractivity contribution in [1.29, 1.82) is 0 Å². The Hall–Kier alpha value is -0.740. The zero-order valence-corrected chi connectivity index (χ0v) is 14.2. The van der Waals surface area contributed by atoms with Gasteiger partial charge in [0.15, 0.2) is 0 Å². The van der Waals surface area contributed by atoms with Crippen molar-refractivity contribution in [2.45, 2.75) is 77.0 Å². The molecule has 128 valence electrons. The molecule has 3 fully saturated rings. The SMILES string of the molecule is CC12CCC(O)C=C1CCC1C2C(N=O)CC2(C)C(O)CCC12. The maximum absolute atomic E-state index is 11.7. The average Bonchev–Trinajstić information content (AvgIpc) is 2.82. The molecule has 8 unspecified atom stereocenters. The van der Waals surface area contributed by atoms with Crippen LogP contribution in [0.3, 0.4) is 0 Å². The molecule has 0 aromatic rings. The fourth-order valence-electron chi connectivity index (χ4n) is 6.91. The summed E-state index contributed by atoms with van der Waals surface area (Å²) in [6, 6.07) is -0.196. The second kappa shape index (κ2) is 5.13. The lowest BCUT2D eigenvalue weighted by atomic mass is 9.46. The molecule has 0 bridgehead atoms. The lowest BCUT2D eigenvalue weighted by Crippen LogP contribution is -2.56. The number of hydrogen-bond donors (Lipinski definition) is 2. The molecule has 0 aromatic heterocycles. The van der Waals surface area contributed by atoms with Gasteiger partial charge in [0.25, 0.3) is 0 Å². The predicted molar refractivity (Wildman–Crippen MR) is 88.7 cm³/mol. The van der Waals surface area contributed by atoms with E-state index in [1.807, 2.05) is 0 Å². The van der Waals surface area contributed by atoms with E-state index in [1.54, 1.807) is 0 Å². The third kappa shape index (κ3) is 2.03. The van der Waals surface area contributed by atoms with Crippen LogP contribution in [0, 0.1) is 33.5 Å². The number of aliphatic hydroxyl groups is 2. The van der Waals surface area contributed by atoms with Gasteiger partial charge in [-0.3, -0.25) is 0 Å². The molecule has 0 amide bonds. The summed E-state index contributed by atoms with van der Waals surface area (Å²) in [4.78, 5) is 11.7. The standard InChI is InChI=1S/C19H29NO3/c1-18-8-7-12(21)9-11(18)3-4-13-14-5-6-16(22)19(14,2)10-15(20-23)17(13)18/h9,12-17,21-22H,3-8,10H2,1-2H3. The number of fused-ring (bicyclic) bond motifs is 5. The van der Waals surface area contributed by atoms with Crippen LogP contribution in [0.25, 0.3) is 0 Å². The number of hydrogen-bond acceptors (Lipinski definition) is 4. The largest absolute Gasteiger partial charge is 0.393 e. The fraction of sp³-hybridized carbons (Fsp3) is 0.895. The van der Waals surface area contributed by atoms with Crippen molar-refractivity contribution in [3.05, 3.63) is 16.6 Å². The smallest absolute Gasteiger partial charge is 0.0965 e. The first-order valence-electron chi connectivity index (χ1n) is 9.30. The highest BCUT2D eigenvalue weighted by Gasteiger charge is 2.62. The van der Waals surface area contributed by atoms with Crippen LogP contribution in [0.15, 0.2) is 16.8 Å². The van der Waals surface area contributed by atoms with Crippen molar-refractivity contribution < 1.29 is 10.2 Å². The molecule has 0 radical (unpaired) electrons. The third-order valence-electron chi connectivity index (χ3n) is 8.11. The highest BCUT2D eigenvalue weighted by atomic mass is 16.3. The second-order valence-corrected chi connectivity index (χ2v) is 9.03. The molecule has 0 spiro atoms. The van der Waals surface area contributed by atoms with Crippen LogP contribution in [-0.2, 0) is 0 Å². The van der Waals surface area contributed by atoms with Gasteiger partial charge in [0, 0.05) is 0 Å². The van der Waals surface area contributed by atoms with Gasteiger partial charge in [0.05, 0.1) is 18.2 Å². The van der Waals surface area contributed by atoms with Gasteiger partial charge in [0.1, 0.15) is 0 Å². The average molecular weight is 319 g/mol. The molecule has 4 aliphatic carbocycles. The minimum atomic E-state index is -0.320. The van der Waals surface area contributed by atoms with Gasteiger partial charge < -0.3 is 10.2 Å². The van der Waals surface area contributed by atoms with Gasteiger partial charge in [-0.25, -0.2) is 0 Å². The lowest BCUT2D eigenvalue weighted by molar-refractivity contribution is -0.0867. The van der Waals surface area contributed by atoms with Crippen molar-refractivity contribution in [3.63, 3.8) is 0 Å². The quantitative estimate of drug-likeness (QED) is 0.575. The summed E-state index contributed by atoms with van der Waals surface area (Å²) >= 11 is 0. The normalized spacial score (nSPS) is 55.4. The van der Waals surface area contributed by atoms with Gasteiger partial charge in [-0.2, -0.15) is 4.91 Å². The van der Waals surface area contributed by atoms with Gasteiger partial charge >= 0.3 is 0 Å². The molecule has 8 atom stereocenters. The number of rotatable bonds is 1. The summed E-state index contributed by atoms with van der Waals surface area (Å²) < 4.78 is 0. The zero-order chi connectivity index (χ0) is 16.4. The van der Waals surface area contributed by atoms with E-state index in [4.69, 9.17) is 0 Å². The minimum absolute atomic E-state index is 0.00952. The Kier molecular flexibility index (Phi) is 3.51. The Morgan fingerprint density at radius 1 is 1.17 bits per heavy atom. The summed E-state index contributed by atoms with van der Waals surface area (Å²) in [7, 11) is 0. The minimum Gasteiger partial charge on any atom is -0.393 e. The Balaban J connectivity index is 1.76. The Labute approximate surface area is 138 Å². The molecule has 4 rings (SSSR count). The van der Waals surface area contributed by atoms with E-state index < -0.39 is 0 Å². The van der Waals surface area contributed by atoms with Crippen molar-refractivity contribution in [2.24, 2.45) is 33.8 Å². The summed E-state index contributed by atoms with van der Waals surface area (Å²) in [5, 5.41) is 24.1. The third-order valence-corrected chi connectivity index (χ3v) is 8.11. The highest BCUT2D eigenvalue weighted by molar-refractivity contribution is 5.27. The first-order valence-corrected chi connectivity index (χ1v) is 9.30. The predicted octanol–water partition coefficient (Wildman–Crippen LogP) is 3.42. The van der Waals surface area contributed by atoms with Gasteiger partial charge in [0.2, 0.25) is 0 Å². The molecule has 2 N–H and O–H groups in total. The first-order chi connectivity index (χ1) is 10.9. The van der Waals surface area contributed by atoms with E-state index in [0.29, 0.717) is 11.8 Å². The maximum atomic E-state index is 11.7. The Morgan fingerprint density at radius 3 is 2.70 bits per heavy atom. The Bertz CT molecular complexity index is 547. The number of allylic oxidation sites excluding steroid dienone is 1. The van der Waals surface area contributed by atoms with E-state index in [-0.39, 0.29) is 35.0 Å². The molecule has 0 aliphatic heterocycles. The van der Waals surface area contributed by atoms with Gasteiger partial charge in [-0.05, 0) is 73.5 Å². The van der Waals surface area contributed by atoms with Crippen LogP contribution in [0.4, 0.5) is 0 Å². The van der Waals surface area contributed by atoms with E-state index in [2.05, 4.69) is 25.1 Å². The van der Waals surface area contributed by atoms with E-state index >= 15 is 0 Å². The van der Waals surface area contributed by atoms with Crippen LogP contribution in [0.1, 0.15) is 58.8 Å². The van der Waals surface area contributed by atoms with Crippen LogP contribution in [-0.4, -0.2) is 28.5 Å². The number of nitroso groups, excluding NO2 is 1. The molecule has 0 heterocycles. The lowest BCUT2D eigenvalue weighted by Gasteiger charge is -2.59. The molecule has 0 aromatic carbocycles. The van der Waals surface area contributed by atoms with E-state index in [9.17, 15) is 15.1 Å². The van der Waals surface area contributed by atoms with Gasteiger partial charge in [-0.1, -0.05) is 30.7 Å². The molecule has 4 nitrogen and oxygen atoms in total. The first kappa shape index (κ1) is 15.8. The van der Waals surface area contributed by atoms with Crippen LogP contribution >= 0.6 is 0 Å². The highest BCUT2D eigenvalue weighted by Crippen LogP contribution is 2.65. The Morgan fingerprint density at radius 2 is 1.96 bits per heavy atom. The van der Waals surface area contributed by atoms with Gasteiger partial charge in [-0.15, -0.1) is 0 Å². The summed E-state index contributed by atoms with van der Waals surface area (Å²) in [6.07, 6.45) is 8.00. The molecule has 4 heteroatoms. The van der Waals surface area contributed by atoms with Crippen LogP contribution < -0.4 is 0 Å². The molecule has 3 saturated carbocycles. The number of nitrogens with zero attached hydrogens (tertiary/aromatic N) is 1. The molecular weight excluding hydrogens is 290 g/mol. The molecular formula is C19H29NO3. The topological polar surface area (TPSA) is 69.9 Å². The fourth-order valence-corrected chi connectivity index (χ4v) is 6.91. The van der Waals surface area contributed by atoms with E-state index in [0.717, 1.165) is 44.9 Å². The molecule has 4 aliphatic rings. The monoisotopic (exact) mass is 319 g/mol. The van der Waals surface area contributed by atoms with Crippen LogP contribution in [0.5, 0.6) is 0 Å². The maximum Gasteiger partial charge on any atom is 0.0965 e. The summed E-state index contributed by atoms with van der Waals surface area (Å²) in [6.45, 7) is 4.48. The van der Waals surface area contributed by atoms with Crippen molar-refractivity contribution in [2.75, 3.05) is 0 Å². The van der Waals surface area contributed by atoms with Crippen molar-refractivity contribution >= 4 is 0 Å². The molecule has 0 saturated heterocycles. The summed E-state index contributed by atoms with van der Waals surface area (Å²) in [5.74, 6) is 1.30. The van der Waals surface area contributed by atoms with Crippen LogP contribution in [0.2, 0.25) is 0 Å². The molecule has 23 heavy (non-hydrogen) atoms.